The Morgan fingerprint density at radius 2 is 1.30 bits per heavy atom. The van der Waals surface area contributed by atoms with Gasteiger partial charge >= 0.3 is 0 Å². The third kappa shape index (κ3) is 10.4. The van der Waals surface area contributed by atoms with Crippen LogP contribution in [0.1, 0.15) is 57.4 Å². The molecule has 0 aliphatic rings. The van der Waals surface area contributed by atoms with Gasteiger partial charge in [0.2, 0.25) is 0 Å². The molecule has 126 valence electrons. The topological polar surface area (TPSA) is 40.5 Å². The number of rotatable bonds is 11. The highest BCUT2D eigenvalue weighted by Crippen LogP contribution is 2.20. The predicted octanol–water partition coefficient (Wildman–Crippen LogP) is 6.06. The van der Waals surface area contributed by atoms with Crippen molar-refractivity contribution in [2.45, 2.75) is 58.3 Å². The molecule has 0 heterocycles. The monoisotopic (exact) mass is 314 g/mol. The van der Waals surface area contributed by atoms with Gasteiger partial charge in [-0.1, -0.05) is 49.8 Å². The fourth-order valence-corrected chi connectivity index (χ4v) is 2.31. The van der Waals surface area contributed by atoms with Crippen LogP contribution in [-0.4, -0.2) is 10.2 Å². The molecule has 0 unspecified atom stereocenters. The molecule has 0 aliphatic heterocycles. The lowest BCUT2D eigenvalue weighted by Gasteiger charge is -2.00. The molecule has 1 rings (SSSR count). The summed E-state index contributed by atoms with van der Waals surface area (Å²) in [7, 11) is 0. The zero-order valence-electron chi connectivity index (χ0n) is 14.2. The molecule has 1 aromatic rings. The number of hydrogen-bond acceptors (Lipinski definition) is 2. The summed E-state index contributed by atoms with van der Waals surface area (Å²) in [5.41, 5.74) is 0.929. The minimum atomic E-state index is 0.115. The van der Waals surface area contributed by atoms with Crippen molar-refractivity contribution in [1.82, 2.24) is 0 Å². The second kappa shape index (κ2) is 12.6. The molecular formula is C21H30O2. The fraction of sp³-hybridized carbons (Fsp3) is 0.429. The number of hydrogen-bond donors (Lipinski definition) is 2. The average Bonchev–Trinajstić information content (AvgIpc) is 2.51. The Labute approximate surface area is 140 Å². The van der Waals surface area contributed by atoms with Gasteiger partial charge in [0.25, 0.3) is 0 Å². The number of unbranched alkanes of at least 4 members (excludes halogenated alkanes) is 4. The van der Waals surface area contributed by atoms with Gasteiger partial charge < -0.3 is 10.2 Å². The fourth-order valence-electron chi connectivity index (χ4n) is 2.31. The molecule has 2 heteroatoms. The normalized spacial score (nSPS) is 12.0. The van der Waals surface area contributed by atoms with Crippen molar-refractivity contribution < 1.29 is 10.2 Å². The molecular weight excluding hydrogens is 284 g/mol. The molecule has 0 bridgehead atoms. The molecule has 1 aromatic carbocycles. The van der Waals surface area contributed by atoms with E-state index in [1.54, 1.807) is 12.1 Å². The van der Waals surface area contributed by atoms with Crippen molar-refractivity contribution in [1.29, 1.82) is 0 Å². The van der Waals surface area contributed by atoms with E-state index >= 15 is 0 Å². The molecule has 0 atom stereocenters. The summed E-state index contributed by atoms with van der Waals surface area (Å²) in [6.07, 6.45) is 22.1. The molecule has 0 spiro atoms. The lowest BCUT2D eigenvalue weighted by atomic mass is 10.1. The van der Waals surface area contributed by atoms with Crippen LogP contribution in [0.25, 0.3) is 0 Å². The van der Waals surface area contributed by atoms with Gasteiger partial charge in [0, 0.05) is 6.07 Å². The molecule has 0 saturated heterocycles. The Balaban J connectivity index is 2.05. The SMILES string of the molecule is CCCC=CCC=CCCCCC=CCc1cc(O)cc(O)c1. The molecule has 23 heavy (non-hydrogen) atoms. The maximum absolute atomic E-state index is 9.40. The zero-order valence-corrected chi connectivity index (χ0v) is 14.2. The molecule has 0 aliphatic carbocycles. The summed E-state index contributed by atoms with van der Waals surface area (Å²) in [5, 5.41) is 18.8. The molecule has 0 aromatic heterocycles. The maximum Gasteiger partial charge on any atom is 0.119 e. The first kappa shape index (κ1) is 19.1. The van der Waals surface area contributed by atoms with Crippen LogP contribution in [0.5, 0.6) is 11.5 Å². The van der Waals surface area contributed by atoms with E-state index in [2.05, 4.69) is 43.4 Å². The number of allylic oxidation sites excluding steroid dienone is 6. The van der Waals surface area contributed by atoms with Crippen LogP contribution >= 0.6 is 0 Å². The number of aromatic hydroxyl groups is 2. The molecule has 0 saturated carbocycles. The van der Waals surface area contributed by atoms with Crippen molar-refractivity contribution in [2.75, 3.05) is 0 Å². The third-order valence-corrected chi connectivity index (χ3v) is 3.53. The molecule has 0 fully saturated rings. The van der Waals surface area contributed by atoms with Gasteiger partial charge in [-0.2, -0.15) is 0 Å². The smallest absolute Gasteiger partial charge is 0.119 e. The van der Waals surface area contributed by atoms with Gasteiger partial charge in [-0.25, -0.2) is 0 Å². The van der Waals surface area contributed by atoms with Crippen LogP contribution < -0.4 is 0 Å². The van der Waals surface area contributed by atoms with Crippen LogP contribution in [0.4, 0.5) is 0 Å². The van der Waals surface area contributed by atoms with Crippen molar-refractivity contribution >= 4 is 0 Å². The first-order valence-electron chi connectivity index (χ1n) is 8.69. The second-order valence-electron chi connectivity index (χ2n) is 5.78. The lowest BCUT2D eigenvalue weighted by molar-refractivity contribution is 0.449. The van der Waals surface area contributed by atoms with Crippen LogP contribution in [0.15, 0.2) is 54.7 Å². The highest BCUT2D eigenvalue weighted by Gasteiger charge is 1.96. The Hall–Kier alpha value is -1.96. The van der Waals surface area contributed by atoms with Gasteiger partial charge in [0.05, 0.1) is 0 Å². The first-order chi connectivity index (χ1) is 11.2. The molecule has 2 N–H and O–H groups in total. The van der Waals surface area contributed by atoms with E-state index in [9.17, 15) is 10.2 Å². The molecule has 2 nitrogen and oxygen atoms in total. The van der Waals surface area contributed by atoms with E-state index in [1.807, 2.05) is 0 Å². The minimum absolute atomic E-state index is 0.115. The Bertz CT molecular complexity index is 492. The largest absolute Gasteiger partial charge is 0.508 e. The highest BCUT2D eigenvalue weighted by molar-refractivity contribution is 5.37. The second-order valence-corrected chi connectivity index (χ2v) is 5.78. The number of phenolic OH excluding ortho intramolecular Hbond substituents is 2. The highest BCUT2D eigenvalue weighted by atomic mass is 16.3. The van der Waals surface area contributed by atoms with Crippen LogP contribution in [-0.2, 0) is 6.42 Å². The van der Waals surface area contributed by atoms with Crippen molar-refractivity contribution in [3.8, 4) is 11.5 Å². The van der Waals surface area contributed by atoms with Gasteiger partial charge in [0.1, 0.15) is 11.5 Å². The van der Waals surface area contributed by atoms with Crippen molar-refractivity contribution in [3.63, 3.8) is 0 Å². The van der Waals surface area contributed by atoms with E-state index in [4.69, 9.17) is 0 Å². The molecule has 0 radical (unpaired) electrons. The van der Waals surface area contributed by atoms with Gasteiger partial charge in [0.15, 0.2) is 0 Å². The van der Waals surface area contributed by atoms with E-state index in [1.165, 1.54) is 31.7 Å². The van der Waals surface area contributed by atoms with Gasteiger partial charge in [-0.15, -0.1) is 0 Å². The van der Waals surface area contributed by atoms with Gasteiger partial charge in [-0.05, 0) is 62.6 Å². The van der Waals surface area contributed by atoms with Gasteiger partial charge in [-0.3, -0.25) is 0 Å². The molecule has 0 amide bonds. The van der Waals surface area contributed by atoms with Crippen LogP contribution in [0, 0.1) is 0 Å². The van der Waals surface area contributed by atoms with E-state index in [0.29, 0.717) is 0 Å². The quantitative estimate of drug-likeness (QED) is 0.385. The number of phenols is 2. The summed E-state index contributed by atoms with van der Waals surface area (Å²) >= 11 is 0. The predicted molar refractivity (Wildman–Crippen MR) is 98.9 cm³/mol. The van der Waals surface area contributed by atoms with Crippen LogP contribution in [0.3, 0.4) is 0 Å². The Morgan fingerprint density at radius 3 is 1.91 bits per heavy atom. The Morgan fingerprint density at radius 1 is 0.739 bits per heavy atom. The van der Waals surface area contributed by atoms with E-state index in [0.717, 1.165) is 31.2 Å². The lowest BCUT2D eigenvalue weighted by Crippen LogP contribution is -1.81. The standard InChI is InChI=1S/C21H30O2/c1-2-3-4-5-6-7-8-9-10-11-12-13-14-15-19-16-20(22)18-21(23)17-19/h4-5,7-8,13-14,16-18,22-23H,2-3,6,9-12,15H2,1H3. The first-order valence-corrected chi connectivity index (χ1v) is 8.69. The summed E-state index contributed by atoms with van der Waals surface area (Å²) in [5.74, 6) is 0.231. The Kier molecular flexibility index (Phi) is 10.4. The van der Waals surface area contributed by atoms with Crippen molar-refractivity contribution in [3.05, 3.63) is 60.2 Å². The van der Waals surface area contributed by atoms with Crippen molar-refractivity contribution in [2.24, 2.45) is 0 Å². The van der Waals surface area contributed by atoms with Crippen LogP contribution in [0.2, 0.25) is 0 Å². The zero-order chi connectivity index (χ0) is 16.8. The summed E-state index contributed by atoms with van der Waals surface area (Å²) in [6.45, 7) is 2.20. The average molecular weight is 314 g/mol. The van der Waals surface area contributed by atoms with E-state index in [-0.39, 0.29) is 11.5 Å². The maximum atomic E-state index is 9.40. The van der Waals surface area contributed by atoms with E-state index < -0.39 is 0 Å². The summed E-state index contributed by atoms with van der Waals surface area (Å²) in [6, 6.07) is 4.72. The third-order valence-electron chi connectivity index (χ3n) is 3.53. The minimum Gasteiger partial charge on any atom is -0.508 e. The number of benzene rings is 1. The summed E-state index contributed by atoms with van der Waals surface area (Å²) < 4.78 is 0. The summed E-state index contributed by atoms with van der Waals surface area (Å²) in [4.78, 5) is 0.